The molecule has 1 unspecified atom stereocenters. The van der Waals surface area contributed by atoms with Gasteiger partial charge in [-0.3, -0.25) is 9.59 Å². The van der Waals surface area contributed by atoms with E-state index in [0.717, 1.165) is 5.56 Å². The van der Waals surface area contributed by atoms with Gasteiger partial charge in [0.2, 0.25) is 0 Å². The molecular formula is C24H32N2O4. The predicted octanol–water partition coefficient (Wildman–Crippen LogP) is 4.12. The lowest BCUT2D eigenvalue weighted by Gasteiger charge is -2.32. The average molecular weight is 413 g/mol. The molecule has 0 saturated heterocycles. The van der Waals surface area contributed by atoms with E-state index in [2.05, 4.69) is 31.4 Å². The number of ether oxygens (including phenoxy) is 2. The molecule has 6 nitrogen and oxygen atoms in total. The molecule has 30 heavy (non-hydrogen) atoms. The summed E-state index contributed by atoms with van der Waals surface area (Å²) in [6.07, 6.45) is 0. The summed E-state index contributed by atoms with van der Waals surface area (Å²) in [4.78, 5) is 24.8. The normalized spacial score (nSPS) is 12.2. The standard InChI is InChI=1S/C24H32N2O4/c1-16(2)25-21(27)15-30-19-13-12-18(14-20(19)29-6)23(28)26-22(24(3,4)5)17-10-8-7-9-11-17/h7-14,16,22H,15H2,1-6H3,(H,25,27)(H,26,28). The van der Waals surface area contributed by atoms with Gasteiger partial charge in [0.15, 0.2) is 18.1 Å². The van der Waals surface area contributed by atoms with Gasteiger partial charge in [-0.15, -0.1) is 0 Å². The van der Waals surface area contributed by atoms with Crippen LogP contribution in [0.1, 0.15) is 56.6 Å². The van der Waals surface area contributed by atoms with Crippen LogP contribution < -0.4 is 20.1 Å². The summed E-state index contributed by atoms with van der Waals surface area (Å²) in [5.41, 5.74) is 1.32. The third-order valence-electron chi connectivity index (χ3n) is 4.51. The van der Waals surface area contributed by atoms with Crippen LogP contribution in [0.2, 0.25) is 0 Å². The molecule has 1 atom stereocenters. The fourth-order valence-corrected chi connectivity index (χ4v) is 3.09. The first kappa shape index (κ1) is 23.3. The van der Waals surface area contributed by atoms with Gasteiger partial charge in [0.1, 0.15) is 0 Å². The van der Waals surface area contributed by atoms with Crippen molar-refractivity contribution in [2.45, 2.75) is 46.7 Å². The van der Waals surface area contributed by atoms with Crippen LogP contribution in [-0.4, -0.2) is 31.6 Å². The number of methoxy groups -OCH3 is 1. The largest absolute Gasteiger partial charge is 0.493 e. The number of hydrogen-bond acceptors (Lipinski definition) is 4. The number of hydrogen-bond donors (Lipinski definition) is 2. The zero-order valence-corrected chi connectivity index (χ0v) is 18.6. The Hall–Kier alpha value is -3.02. The molecule has 0 radical (unpaired) electrons. The minimum absolute atomic E-state index is 0.0365. The Balaban J connectivity index is 2.16. The number of benzene rings is 2. The van der Waals surface area contributed by atoms with Crippen LogP contribution >= 0.6 is 0 Å². The van der Waals surface area contributed by atoms with Crippen LogP contribution in [0.5, 0.6) is 11.5 Å². The Morgan fingerprint density at radius 1 is 0.967 bits per heavy atom. The first-order valence-corrected chi connectivity index (χ1v) is 10.1. The minimum atomic E-state index is -0.218. The Morgan fingerprint density at radius 3 is 2.20 bits per heavy atom. The summed E-state index contributed by atoms with van der Waals surface area (Å²) < 4.78 is 10.9. The fourth-order valence-electron chi connectivity index (χ4n) is 3.09. The lowest BCUT2D eigenvalue weighted by molar-refractivity contribution is -0.123. The molecule has 2 aromatic carbocycles. The number of carbonyl (C=O) groups excluding carboxylic acids is 2. The molecule has 0 bridgehead atoms. The second kappa shape index (κ2) is 10.1. The van der Waals surface area contributed by atoms with Crippen LogP contribution in [0.3, 0.4) is 0 Å². The molecule has 0 spiro atoms. The van der Waals surface area contributed by atoms with Gasteiger partial charge in [0, 0.05) is 11.6 Å². The molecule has 0 aliphatic rings. The van der Waals surface area contributed by atoms with Gasteiger partial charge >= 0.3 is 0 Å². The zero-order valence-electron chi connectivity index (χ0n) is 18.6. The van der Waals surface area contributed by atoms with Crippen molar-refractivity contribution in [2.24, 2.45) is 5.41 Å². The molecule has 2 N–H and O–H groups in total. The minimum Gasteiger partial charge on any atom is -0.493 e. The first-order chi connectivity index (χ1) is 14.1. The Kier molecular flexibility index (Phi) is 7.86. The quantitative estimate of drug-likeness (QED) is 0.684. The molecular weight excluding hydrogens is 380 g/mol. The van der Waals surface area contributed by atoms with Gasteiger partial charge < -0.3 is 20.1 Å². The van der Waals surface area contributed by atoms with Crippen LogP contribution in [0.15, 0.2) is 48.5 Å². The van der Waals surface area contributed by atoms with Crippen molar-refractivity contribution in [3.63, 3.8) is 0 Å². The van der Waals surface area contributed by atoms with Crippen LogP contribution in [0, 0.1) is 5.41 Å². The van der Waals surface area contributed by atoms with Crippen molar-refractivity contribution in [2.75, 3.05) is 13.7 Å². The highest BCUT2D eigenvalue weighted by Gasteiger charge is 2.28. The van der Waals surface area contributed by atoms with Crippen LogP contribution in [-0.2, 0) is 4.79 Å². The van der Waals surface area contributed by atoms with Crippen molar-refractivity contribution in [1.29, 1.82) is 0 Å². The predicted molar refractivity (Wildman–Crippen MR) is 118 cm³/mol. The fraction of sp³-hybridized carbons (Fsp3) is 0.417. The number of rotatable bonds is 8. The summed E-state index contributed by atoms with van der Waals surface area (Å²) >= 11 is 0. The van der Waals surface area contributed by atoms with Crippen molar-refractivity contribution >= 4 is 11.8 Å². The molecule has 2 amide bonds. The van der Waals surface area contributed by atoms with Crippen molar-refractivity contribution in [1.82, 2.24) is 10.6 Å². The lowest BCUT2D eigenvalue weighted by atomic mass is 9.82. The Morgan fingerprint density at radius 2 is 1.63 bits per heavy atom. The maximum absolute atomic E-state index is 13.0. The number of nitrogens with one attached hydrogen (secondary N) is 2. The SMILES string of the molecule is COc1cc(C(=O)NC(c2ccccc2)C(C)(C)C)ccc1OCC(=O)NC(C)C. The molecule has 0 saturated carbocycles. The smallest absolute Gasteiger partial charge is 0.258 e. The van der Waals surface area contributed by atoms with Gasteiger partial charge in [-0.25, -0.2) is 0 Å². The first-order valence-electron chi connectivity index (χ1n) is 10.1. The van der Waals surface area contributed by atoms with E-state index in [1.807, 2.05) is 44.2 Å². The molecule has 0 aliphatic heterocycles. The van der Waals surface area contributed by atoms with Gasteiger partial charge in [-0.05, 0) is 43.0 Å². The van der Waals surface area contributed by atoms with E-state index >= 15 is 0 Å². The van der Waals surface area contributed by atoms with Crippen LogP contribution in [0.4, 0.5) is 0 Å². The number of amides is 2. The summed E-state index contributed by atoms with van der Waals surface area (Å²) in [5.74, 6) is 0.376. The van der Waals surface area contributed by atoms with E-state index in [1.54, 1.807) is 18.2 Å². The van der Waals surface area contributed by atoms with Crippen LogP contribution in [0.25, 0.3) is 0 Å². The van der Waals surface area contributed by atoms with Crippen molar-refractivity contribution < 1.29 is 19.1 Å². The van der Waals surface area contributed by atoms with E-state index in [9.17, 15) is 9.59 Å². The Labute approximate surface area is 179 Å². The maximum atomic E-state index is 13.0. The van der Waals surface area contributed by atoms with E-state index in [4.69, 9.17) is 9.47 Å². The zero-order chi connectivity index (χ0) is 22.3. The summed E-state index contributed by atoms with van der Waals surface area (Å²) in [7, 11) is 1.50. The highest BCUT2D eigenvalue weighted by Crippen LogP contribution is 2.33. The summed E-state index contributed by atoms with van der Waals surface area (Å²) in [6, 6.07) is 14.7. The monoisotopic (exact) mass is 412 g/mol. The lowest BCUT2D eigenvalue weighted by Crippen LogP contribution is -2.36. The number of carbonyl (C=O) groups is 2. The molecule has 0 aromatic heterocycles. The summed E-state index contributed by atoms with van der Waals surface area (Å²) in [5, 5.41) is 5.90. The Bertz CT molecular complexity index is 857. The average Bonchev–Trinajstić information content (AvgIpc) is 2.69. The molecule has 162 valence electrons. The molecule has 0 heterocycles. The molecule has 0 fully saturated rings. The van der Waals surface area contributed by atoms with Gasteiger partial charge in [0.25, 0.3) is 11.8 Å². The van der Waals surface area contributed by atoms with Crippen molar-refractivity contribution in [3.8, 4) is 11.5 Å². The third-order valence-corrected chi connectivity index (χ3v) is 4.51. The highest BCUT2D eigenvalue weighted by atomic mass is 16.5. The molecule has 6 heteroatoms. The molecule has 2 rings (SSSR count). The van der Waals surface area contributed by atoms with Gasteiger partial charge in [-0.2, -0.15) is 0 Å². The highest BCUT2D eigenvalue weighted by molar-refractivity contribution is 5.95. The van der Waals surface area contributed by atoms with E-state index in [-0.39, 0.29) is 35.9 Å². The maximum Gasteiger partial charge on any atom is 0.258 e. The second-order valence-electron chi connectivity index (χ2n) is 8.56. The third kappa shape index (κ3) is 6.51. The van der Waals surface area contributed by atoms with E-state index < -0.39 is 0 Å². The van der Waals surface area contributed by atoms with E-state index in [1.165, 1.54) is 7.11 Å². The molecule has 2 aromatic rings. The van der Waals surface area contributed by atoms with Crippen molar-refractivity contribution in [3.05, 3.63) is 59.7 Å². The summed E-state index contributed by atoms with van der Waals surface area (Å²) in [6.45, 7) is 9.90. The second-order valence-corrected chi connectivity index (χ2v) is 8.56. The van der Waals surface area contributed by atoms with Gasteiger partial charge in [-0.1, -0.05) is 51.1 Å². The topological polar surface area (TPSA) is 76.7 Å². The molecule has 0 aliphatic carbocycles. The van der Waals surface area contributed by atoms with E-state index in [0.29, 0.717) is 17.1 Å². The van der Waals surface area contributed by atoms with Gasteiger partial charge in [0.05, 0.1) is 13.2 Å².